The molecule has 8 nitrogen and oxygen atoms in total. The van der Waals surface area contributed by atoms with Crippen molar-refractivity contribution in [3.05, 3.63) is 59.7 Å². The number of benzene rings is 2. The second kappa shape index (κ2) is 11.7. The topological polar surface area (TPSA) is 105 Å². The maximum absolute atomic E-state index is 13.0. The molecule has 2 aromatic carbocycles. The Bertz CT molecular complexity index is 1110. The molecule has 1 aliphatic rings. The average Bonchev–Trinajstić information content (AvgIpc) is 2.86. The molecule has 0 radical (unpaired) electrons. The van der Waals surface area contributed by atoms with Gasteiger partial charge in [-0.05, 0) is 55.5 Å². The Labute approximate surface area is 208 Å². The lowest BCUT2D eigenvalue weighted by Crippen LogP contribution is -2.52. The third-order valence-corrected chi connectivity index (χ3v) is 8.27. The van der Waals surface area contributed by atoms with Gasteiger partial charge in [0.1, 0.15) is 11.8 Å². The van der Waals surface area contributed by atoms with Gasteiger partial charge in [0.25, 0.3) is 0 Å². The van der Waals surface area contributed by atoms with Gasteiger partial charge < -0.3 is 15.4 Å². The maximum Gasteiger partial charge on any atom is 0.243 e. The second-order valence-electron chi connectivity index (χ2n) is 9.29. The summed E-state index contributed by atoms with van der Waals surface area (Å²) in [7, 11) is -1.99. The number of ether oxygens (including phenoxy) is 1. The summed E-state index contributed by atoms with van der Waals surface area (Å²) in [6.07, 6.45) is 0.824. The quantitative estimate of drug-likeness (QED) is 0.550. The van der Waals surface area contributed by atoms with E-state index in [-0.39, 0.29) is 41.6 Å². The predicted molar refractivity (Wildman–Crippen MR) is 134 cm³/mol. The zero-order valence-corrected chi connectivity index (χ0v) is 21.6. The lowest BCUT2D eigenvalue weighted by molar-refractivity contribution is -0.132. The highest BCUT2D eigenvalue weighted by atomic mass is 32.2. The highest BCUT2D eigenvalue weighted by Crippen LogP contribution is 2.24. The van der Waals surface area contributed by atoms with Crippen LogP contribution in [0.3, 0.4) is 0 Å². The standard InChI is InChI=1S/C26H35N3O5S/c1-18(2)24(26(31)27-17-20-7-9-22(34-4)10-8-20)28-25(30)21-13-15-29(16-14-21)35(32,33)23-11-5-19(3)6-12-23/h5-12,18,21,24H,13-17H2,1-4H3,(H,27,31)(H,28,30)/t24-/m1/s1. The van der Waals surface area contributed by atoms with Gasteiger partial charge in [-0.3, -0.25) is 9.59 Å². The molecule has 1 aliphatic heterocycles. The van der Waals surface area contributed by atoms with Gasteiger partial charge in [-0.25, -0.2) is 8.42 Å². The van der Waals surface area contributed by atoms with Gasteiger partial charge in [-0.2, -0.15) is 4.31 Å². The lowest BCUT2D eigenvalue weighted by Gasteiger charge is -2.32. The molecular formula is C26H35N3O5S. The molecule has 2 aromatic rings. The smallest absolute Gasteiger partial charge is 0.243 e. The molecular weight excluding hydrogens is 466 g/mol. The molecule has 1 saturated heterocycles. The van der Waals surface area contributed by atoms with Crippen molar-refractivity contribution in [3.63, 3.8) is 0 Å². The van der Waals surface area contributed by atoms with Crippen molar-refractivity contribution in [1.82, 2.24) is 14.9 Å². The fourth-order valence-corrected chi connectivity index (χ4v) is 5.54. The first-order valence-electron chi connectivity index (χ1n) is 11.9. The summed E-state index contributed by atoms with van der Waals surface area (Å²) in [5.74, 6) is -0.156. The Morgan fingerprint density at radius 2 is 1.63 bits per heavy atom. The molecule has 0 spiro atoms. The SMILES string of the molecule is COc1ccc(CNC(=O)[C@H](NC(=O)C2CCN(S(=O)(=O)c3ccc(C)cc3)CC2)C(C)C)cc1. The normalized spacial score (nSPS) is 16.0. The van der Waals surface area contributed by atoms with E-state index in [0.29, 0.717) is 19.4 Å². The number of sulfonamides is 1. The molecule has 0 bridgehead atoms. The van der Waals surface area contributed by atoms with Gasteiger partial charge in [0.05, 0.1) is 12.0 Å². The van der Waals surface area contributed by atoms with Crippen molar-refractivity contribution in [1.29, 1.82) is 0 Å². The first-order valence-corrected chi connectivity index (χ1v) is 13.3. The second-order valence-corrected chi connectivity index (χ2v) is 11.2. The summed E-state index contributed by atoms with van der Waals surface area (Å²) in [6, 6.07) is 13.5. The van der Waals surface area contributed by atoms with Crippen molar-refractivity contribution < 1.29 is 22.7 Å². The summed E-state index contributed by atoms with van der Waals surface area (Å²) >= 11 is 0. The number of piperidine rings is 1. The minimum atomic E-state index is -3.59. The summed E-state index contributed by atoms with van der Waals surface area (Å²) < 4.78 is 32.4. The predicted octanol–water partition coefficient (Wildman–Crippen LogP) is 2.86. The van der Waals surface area contributed by atoms with Crippen LogP contribution in [-0.2, 0) is 26.2 Å². The Balaban J connectivity index is 1.54. The van der Waals surface area contributed by atoms with E-state index in [1.165, 1.54) is 4.31 Å². The Hall–Kier alpha value is -2.91. The number of carbonyl (C=O) groups excluding carboxylic acids is 2. The number of methoxy groups -OCH3 is 1. The van der Waals surface area contributed by atoms with Gasteiger partial charge in [-0.15, -0.1) is 0 Å². The van der Waals surface area contributed by atoms with E-state index in [0.717, 1.165) is 16.9 Å². The number of hydrogen-bond acceptors (Lipinski definition) is 5. The zero-order valence-electron chi connectivity index (χ0n) is 20.8. The summed E-state index contributed by atoms with van der Waals surface area (Å²) in [4.78, 5) is 26.0. The van der Waals surface area contributed by atoms with E-state index in [1.54, 1.807) is 31.4 Å². The molecule has 35 heavy (non-hydrogen) atoms. The number of nitrogens with zero attached hydrogens (tertiary/aromatic N) is 1. The van der Waals surface area contributed by atoms with E-state index in [4.69, 9.17) is 4.74 Å². The lowest BCUT2D eigenvalue weighted by atomic mass is 9.95. The molecule has 2 amide bonds. The van der Waals surface area contributed by atoms with Crippen LogP contribution < -0.4 is 15.4 Å². The number of amides is 2. The Morgan fingerprint density at radius 1 is 1.03 bits per heavy atom. The van der Waals surface area contributed by atoms with Gasteiger partial charge in [0.2, 0.25) is 21.8 Å². The monoisotopic (exact) mass is 501 g/mol. The number of hydrogen-bond donors (Lipinski definition) is 2. The van der Waals surface area contributed by atoms with E-state index in [9.17, 15) is 18.0 Å². The molecule has 0 saturated carbocycles. The molecule has 0 unspecified atom stereocenters. The zero-order chi connectivity index (χ0) is 25.6. The first-order chi connectivity index (χ1) is 16.6. The number of nitrogens with one attached hydrogen (secondary N) is 2. The fraction of sp³-hybridized carbons (Fsp3) is 0.462. The third-order valence-electron chi connectivity index (χ3n) is 6.36. The molecule has 1 heterocycles. The van der Waals surface area contributed by atoms with Gasteiger partial charge >= 0.3 is 0 Å². The highest BCUT2D eigenvalue weighted by molar-refractivity contribution is 7.89. The third kappa shape index (κ3) is 6.82. The van der Waals surface area contributed by atoms with Gasteiger partial charge in [-0.1, -0.05) is 43.7 Å². The van der Waals surface area contributed by atoms with Crippen LogP contribution in [0, 0.1) is 18.8 Å². The molecule has 190 valence electrons. The van der Waals surface area contributed by atoms with Crippen LogP contribution in [0.25, 0.3) is 0 Å². The molecule has 9 heteroatoms. The van der Waals surface area contributed by atoms with E-state index < -0.39 is 16.1 Å². The number of carbonyl (C=O) groups is 2. The number of aryl methyl sites for hydroxylation is 1. The summed E-state index contributed by atoms with van der Waals surface area (Å²) in [5, 5.41) is 5.79. The molecule has 1 atom stereocenters. The molecule has 1 fully saturated rings. The van der Waals surface area contributed by atoms with Crippen molar-refractivity contribution in [2.75, 3.05) is 20.2 Å². The summed E-state index contributed by atoms with van der Waals surface area (Å²) in [6.45, 7) is 6.55. The van der Waals surface area contributed by atoms with Crippen molar-refractivity contribution in [2.24, 2.45) is 11.8 Å². The van der Waals surface area contributed by atoms with E-state index in [2.05, 4.69) is 10.6 Å². The van der Waals surface area contributed by atoms with Gasteiger partial charge in [0.15, 0.2) is 0 Å². The van der Waals surface area contributed by atoms with Crippen molar-refractivity contribution in [2.45, 2.75) is 51.1 Å². The van der Waals surface area contributed by atoms with Crippen LogP contribution in [-0.4, -0.2) is 50.8 Å². The molecule has 0 aromatic heterocycles. The Kier molecular flexibility index (Phi) is 8.91. The molecule has 2 N–H and O–H groups in total. The highest BCUT2D eigenvalue weighted by Gasteiger charge is 2.34. The number of rotatable bonds is 9. The van der Waals surface area contributed by atoms with Crippen LogP contribution >= 0.6 is 0 Å². The van der Waals surface area contributed by atoms with Crippen LogP contribution in [0.5, 0.6) is 5.75 Å². The van der Waals surface area contributed by atoms with Crippen LogP contribution in [0.1, 0.15) is 37.8 Å². The van der Waals surface area contributed by atoms with Crippen molar-refractivity contribution >= 4 is 21.8 Å². The minimum Gasteiger partial charge on any atom is -0.497 e. The largest absolute Gasteiger partial charge is 0.497 e. The first kappa shape index (κ1) is 26.7. The molecule has 0 aliphatic carbocycles. The van der Waals surface area contributed by atoms with Crippen LogP contribution in [0.15, 0.2) is 53.4 Å². The Morgan fingerprint density at radius 3 is 2.17 bits per heavy atom. The average molecular weight is 502 g/mol. The van der Waals surface area contributed by atoms with Crippen molar-refractivity contribution in [3.8, 4) is 5.75 Å². The molecule has 3 rings (SSSR count). The summed E-state index contributed by atoms with van der Waals surface area (Å²) in [5.41, 5.74) is 1.92. The van der Waals surface area contributed by atoms with E-state index >= 15 is 0 Å². The van der Waals surface area contributed by atoms with Crippen LogP contribution in [0.4, 0.5) is 0 Å². The van der Waals surface area contributed by atoms with Gasteiger partial charge in [0, 0.05) is 25.6 Å². The van der Waals surface area contributed by atoms with E-state index in [1.807, 2.05) is 45.0 Å². The minimum absolute atomic E-state index is 0.100. The maximum atomic E-state index is 13.0. The van der Waals surface area contributed by atoms with Crippen LogP contribution in [0.2, 0.25) is 0 Å². The fourth-order valence-electron chi connectivity index (χ4n) is 4.07.